The van der Waals surface area contributed by atoms with Gasteiger partial charge in [-0.3, -0.25) is 13.9 Å². The molecule has 3 heterocycles. The summed E-state index contributed by atoms with van der Waals surface area (Å²) < 4.78 is 29.2. The molecule has 0 saturated heterocycles. The smallest absolute Gasteiger partial charge is 0.240 e. The SMILES string of the molecule is CC(NC(=O)Cn1ccc2c(NS(C)(=O)=O)cccc21)c1nnc2ccccn12. The number of hydrogen-bond acceptors (Lipinski definition) is 5. The van der Waals surface area contributed by atoms with Gasteiger partial charge in [-0.15, -0.1) is 10.2 Å². The summed E-state index contributed by atoms with van der Waals surface area (Å²) >= 11 is 0. The lowest BCUT2D eigenvalue weighted by Gasteiger charge is -2.13. The van der Waals surface area contributed by atoms with Crippen LogP contribution >= 0.6 is 0 Å². The maximum Gasteiger partial charge on any atom is 0.240 e. The van der Waals surface area contributed by atoms with Crippen molar-refractivity contribution >= 4 is 38.2 Å². The summed E-state index contributed by atoms with van der Waals surface area (Å²) in [5.74, 6) is 0.454. The van der Waals surface area contributed by atoms with Gasteiger partial charge < -0.3 is 9.88 Å². The standard InChI is InChI=1S/C19H20N6O3S/c1-13(19-22-21-17-8-3-4-10-25(17)19)20-18(26)12-24-11-9-14-15(23-29(2,27)28)6-5-7-16(14)24/h3-11,13,23H,12H2,1-2H3,(H,20,26). The van der Waals surface area contributed by atoms with E-state index in [-0.39, 0.29) is 18.5 Å². The number of anilines is 1. The number of carbonyl (C=O) groups excluding carboxylic acids is 1. The van der Waals surface area contributed by atoms with Crippen molar-refractivity contribution in [2.24, 2.45) is 0 Å². The summed E-state index contributed by atoms with van der Waals surface area (Å²) in [6.07, 6.45) is 4.71. The quantitative estimate of drug-likeness (QED) is 0.503. The van der Waals surface area contributed by atoms with Gasteiger partial charge in [0.05, 0.1) is 23.5 Å². The number of benzene rings is 1. The number of nitrogens with zero attached hydrogens (tertiary/aromatic N) is 4. The molecule has 29 heavy (non-hydrogen) atoms. The van der Waals surface area contributed by atoms with E-state index >= 15 is 0 Å². The first-order valence-corrected chi connectivity index (χ1v) is 10.9. The molecule has 1 atom stereocenters. The van der Waals surface area contributed by atoms with Gasteiger partial charge in [-0.1, -0.05) is 12.1 Å². The van der Waals surface area contributed by atoms with Crippen molar-refractivity contribution in [3.8, 4) is 0 Å². The molecule has 4 aromatic rings. The molecule has 0 aliphatic rings. The molecule has 1 amide bonds. The summed E-state index contributed by atoms with van der Waals surface area (Å²) in [5.41, 5.74) is 1.95. The largest absolute Gasteiger partial charge is 0.345 e. The van der Waals surface area contributed by atoms with Crippen LogP contribution in [-0.2, 0) is 21.4 Å². The first-order chi connectivity index (χ1) is 13.8. The number of carbonyl (C=O) groups is 1. The van der Waals surface area contributed by atoms with Gasteiger partial charge in [0, 0.05) is 17.8 Å². The molecule has 0 bridgehead atoms. The molecule has 2 N–H and O–H groups in total. The summed E-state index contributed by atoms with van der Waals surface area (Å²) in [6.45, 7) is 1.94. The van der Waals surface area contributed by atoms with E-state index in [2.05, 4.69) is 20.2 Å². The third-order valence-electron chi connectivity index (χ3n) is 4.53. The average molecular weight is 412 g/mol. The predicted molar refractivity (Wildman–Crippen MR) is 110 cm³/mol. The van der Waals surface area contributed by atoms with Crippen LogP contribution in [0.2, 0.25) is 0 Å². The second kappa shape index (κ2) is 7.21. The van der Waals surface area contributed by atoms with Gasteiger partial charge >= 0.3 is 0 Å². The van der Waals surface area contributed by atoms with Crippen LogP contribution in [0.1, 0.15) is 18.8 Å². The van der Waals surface area contributed by atoms with Crippen LogP contribution in [0.3, 0.4) is 0 Å². The van der Waals surface area contributed by atoms with Crippen molar-refractivity contribution in [2.45, 2.75) is 19.5 Å². The lowest BCUT2D eigenvalue weighted by molar-refractivity contribution is -0.122. The van der Waals surface area contributed by atoms with Crippen LogP contribution in [0.4, 0.5) is 5.69 Å². The first-order valence-electron chi connectivity index (χ1n) is 8.96. The van der Waals surface area contributed by atoms with Crippen LogP contribution in [0, 0.1) is 0 Å². The van der Waals surface area contributed by atoms with Gasteiger partial charge in [0.2, 0.25) is 15.9 Å². The van der Waals surface area contributed by atoms with E-state index in [4.69, 9.17) is 0 Å². The van der Waals surface area contributed by atoms with Gasteiger partial charge in [-0.05, 0) is 37.3 Å². The molecule has 1 aromatic carbocycles. The number of rotatable bonds is 6. The highest BCUT2D eigenvalue weighted by atomic mass is 32.2. The minimum Gasteiger partial charge on any atom is -0.345 e. The topological polar surface area (TPSA) is 110 Å². The maximum atomic E-state index is 12.6. The lowest BCUT2D eigenvalue weighted by atomic mass is 10.2. The fourth-order valence-corrected chi connectivity index (χ4v) is 3.89. The van der Waals surface area contributed by atoms with E-state index in [0.717, 1.165) is 17.2 Å². The number of aromatic nitrogens is 4. The molecule has 1 unspecified atom stereocenters. The van der Waals surface area contributed by atoms with Crippen molar-refractivity contribution in [1.29, 1.82) is 0 Å². The maximum absolute atomic E-state index is 12.6. The first kappa shape index (κ1) is 18.9. The predicted octanol–water partition coefficient (Wildman–Crippen LogP) is 1.93. The zero-order valence-corrected chi connectivity index (χ0v) is 16.7. The highest BCUT2D eigenvalue weighted by Gasteiger charge is 2.17. The van der Waals surface area contributed by atoms with Gasteiger partial charge in [0.25, 0.3) is 0 Å². The van der Waals surface area contributed by atoms with Crippen LogP contribution in [0.25, 0.3) is 16.6 Å². The zero-order valence-electron chi connectivity index (χ0n) is 15.9. The van der Waals surface area contributed by atoms with Crippen LogP contribution in [-0.4, -0.2) is 39.7 Å². The average Bonchev–Trinajstić information content (AvgIpc) is 3.25. The van der Waals surface area contributed by atoms with E-state index in [1.807, 2.05) is 41.8 Å². The van der Waals surface area contributed by atoms with Gasteiger partial charge in [-0.2, -0.15) is 0 Å². The number of amides is 1. The lowest BCUT2D eigenvalue weighted by Crippen LogP contribution is -2.31. The number of pyridine rings is 1. The molecular weight excluding hydrogens is 392 g/mol. The van der Waals surface area contributed by atoms with Crippen LogP contribution < -0.4 is 10.0 Å². The monoisotopic (exact) mass is 412 g/mol. The molecule has 4 rings (SSSR count). The molecule has 0 fully saturated rings. The Kier molecular flexibility index (Phi) is 4.71. The molecule has 10 heteroatoms. The van der Waals surface area contributed by atoms with Crippen LogP contribution in [0.5, 0.6) is 0 Å². The summed E-state index contributed by atoms with van der Waals surface area (Å²) in [4.78, 5) is 12.6. The fraction of sp³-hybridized carbons (Fsp3) is 0.211. The van der Waals surface area contributed by atoms with E-state index in [1.54, 1.807) is 29.0 Å². The van der Waals surface area contributed by atoms with E-state index < -0.39 is 10.0 Å². The van der Waals surface area contributed by atoms with Crippen molar-refractivity contribution in [3.05, 3.63) is 60.7 Å². The second-order valence-corrected chi connectivity index (χ2v) is 8.58. The van der Waals surface area contributed by atoms with Gasteiger partial charge in [0.1, 0.15) is 6.54 Å². The van der Waals surface area contributed by atoms with E-state index in [0.29, 0.717) is 17.2 Å². The van der Waals surface area contributed by atoms with Gasteiger partial charge in [0.15, 0.2) is 11.5 Å². The molecule has 3 aromatic heterocycles. The molecule has 0 saturated carbocycles. The van der Waals surface area contributed by atoms with E-state index in [1.165, 1.54) is 0 Å². The highest BCUT2D eigenvalue weighted by Crippen LogP contribution is 2.25. The highest BCUT2D eigenvalue weighted by molar-refractivity contribution is 7.92. The Balaban J connectivity index is 1.53. The number of hydrogen-bond donors (Lipinski definition) is 2. The second-order valence-electron chi connectivity index (χ2n) is 6.83. The molecule has 0 spiro atoms. The van der Waals surface area contributed by atoms with Gasteiger partial charge in [-0.25, -0.2) is 8.42 Å². The molecule has 150 valence electrons. The number of nitrogens with one attached hydrogen (secondary N) is 2. The fourth-order valence-electron chi connectivity index (χ4n) is 3.31. The summed E-state index contributed by atoms with van der Waals surface area (Å²) in [7, 11) is -3.40. The Morgan fingerprint density at radius 3 is 2.72 bits per heavy atom. The minimum absolute atomic E-state index is 0.0902. The van der Waals surface area contributed by atoms with Crippen molar-refractivity contribution in [3.63, 3.8) is 0 Å². The van der Waals surface area contributed by atoms with Crippen molar-refractivity contribution in [1.82, 2.24) is 24.5 Å². The summed E-state index contributed by atoms with van der Waals surface area (Å²) in [5, 5.41) is 11.9. The third kappa shape index (κ3) is 3.92. The molecule has 0 radical (unpaired) electrons. The number of fused-ring (bicyclic) bond motifs is 2. The van der Waals surface area contributed by atoms with Crippen LogP contribution in [0.15, 0.2) is 54.9 Å². The van der Waals surface area contributed by atoms with E-state index in [9.17, 15) is 13.2 Å². The Hall–Kier alpha value is -3.40. The molecule has 0 aliphatic heterocycles. The summed E-state index contributed by atoms with van der Waals surface area (Å²) in [6, 6.07) is 12.3. The molecular formula is C19H20N6O3S. The van der Waals surface area contributed by atoms with Crippen molar-refractivity contribution < 1.29 is 13.2 Å². The Morgan fingerprint density at radius 1 is 1.10 bits per heavy atom. The Labute approximate surface area is 167 Å². The third-order valence-corrected chi connectivity index (χ3v) is 5.12. The minimum atomic E-state index is -3.40. The Bertz CT molecular complexity index is 1310. The Morgan fingerprint density at radius 2 is 1.93 bits per heavy atom. The molecule has 0 aliphatic carbocycles. The normalized spacial score (nSPS) is 12.9. The molecule has 9 nitrogen and oxygen atoms in total. The van der Waals surface area contributed by atoms with Crippen molar-refractivity contribution in [2.75, 3.05) is 11.0 Å². The zero-order chi connectivity index (χ0) is 20.6. The number of sulfonamides is 1.